The lowest BCUT2D eigenvalue weighted by Crippen LogP contribution is -2.02. The minimum Gasteiger partial charge on any atom is -0.384 e. The molecule has 3 aromatic rings. The number of hydrogen-bond donors (Lipinski definition) is 2. The van der Waals surface area contributed by atoms with Crippen LogP contribution in [0, 0.1) is 10.1 Å². The fraction of sp³-hybridized carbons (Fsp3) is 0. The smallest absolute Gasteiger partial charge is 0.311 e. The van der Waals surface area contributed by atoms with Crippen molar-refractivity contribution in [1.29, 1.82) is 0 Å². The van der Waals surface area contributed by atoms with Crippen LogP contribution in [0.25, 0.3) is 10.8 Å². The van der Waals surface area contributed by atoms with Gasteiger partial charge >= 0.3 is 5.69 Å². The van der Waals surface area contributed by atoms with E-state index in [1.807, 2.05) is 24.3 Å². The number of nitrogens with zero attached hydrogens (tertiary/aromatic N) is 3. The molecule has 0 aliphatic carbocycles. The molecule has 0 aliphatic heterocycles. The summed E-state index contributed by atoms with van der Waals surface area (Å²) in [5.41, 5.74) is 6.19. The van der Waals surface area contributed by atoms with Crippen molar-refractivity contribution in [1.82, 2.24) is 9.97 Å². The summed E-state index contributed by atoms with van der Waals surface area (Å²) in [5, 5.41) is 15.9. The van der Waals surface area contributed by atoms with Gasteiger partial charge in [-0.25, -0.2) is 4.98 Å². The van der Waals surface area contributed by atoms with Gasteiger partial charge in [0.15, 0.2) is 0 Å². The molecule has 0 saturated carbocycles. The summed E-state index contributed by atoms with van der Waals surface area (Å²) < 4.78 is 0. The minimum atomic E-state index is -0.499. The zero-order valence-corrected chi connectivity index (χ0v) is 10.9. The Bertz CT molecular complexity index is 829. The van der Waals surface area contributed by atoms with Crippen molar-refractivity contribution in [2.75, 3.05) is 11.1 Å². The third-order valence-corrected chi connectivity index (χ3v) is 3.03. The summed E-state index contributed by atoms with van der Waals surface area (Å²) >= 11 is 0. The van der Waals surface area contributed by atoms with Crippen LogP contribution in [0.1, 0.15) is 0 Å². The Hall–Kier alpha value is -3.22. The summed E-state index contributed by atoms with van der Waals surface area (Å²) in [4.78, 5) is 18.6. The van der Waals surface area contributed by atoms with E-state index >= 15 is 0 Å². The number of benzene rings is 1. The lowest BCUT2D eigenvalue weighted by Gasteiger charge is -2.09. The van der Waals surface area contributed by atoms with E-state index in [0.717, 1.165) is 10.8 Å². The average Bonchev–Trinajstić information content (AvgIpc) is 2.47. The van der Waals surface area contributed by atoms with Crippen molar-refractivity contribution in [3.05, 3.63) is 58.9 Å². The van der Waals surface area contributed by atoms with Crippen LogP contribution in [0.2, 0.25) is 0 Å². The van der Waals surface area contributed by atoms with Crippen LogP contribution in [0.15, 0.2) is 48.8 Å². The molecule has 0 amide bonds. The Balaban J connectivity index is 2.11. The number of rotatable bonds is 3. The first kappa shape index (κ1) is 12.8. The van der Waals surface area contributed by atoms with Crippen molar-refractivity contribution in [2.45, 2.75) is 0 Å². The number of nitrogens with one attached hydrogen (secondary N) is 1. The number of aromatic nitrogens is 2. The zero-order valence-electron chi connectivity index (χ0n) is 10.9. The van der Waals surface area contributed by atoms with Crippen molar-refractivity contribution < 1.29 is 4.92 Å². The van der Waals surface area contributed by atoms with E-state index in [0.29, 0.717) is 5.69 Å². The van der Waals surface area contributed by atoms with Gasteiger partial charge in [-0.1, -0.05) is 12.1 Å². The summed E-state index contributed by atoms with van der Waals surface area (Å²) in [7, 11) is 0. The van der Waals surface area contributed by atoms with Crippen molar-refractivity contribution >= 4 is 33.8 Å². The van der Waals surface area contributed by atoms with Crippen LogP contribution in [0.5, 0.6) is 0 Å². The molecule has 7 heteroatoms. The van der Waals surface area contributed by atoms with E-state index in [1.165, 1.54) is 12.1 Å². The Labute approximate surface area is 119 Å². The largest absolute Gasteiger partial charge is 0.384 e. The van der Waals surface area contributed by atoms with Gasteiger partial charge in [-0.2, -0.15) is 0 Å². The van der Waals surface area contributed by atoms with Gasteiger partial charge in [0.2, 0.25) is 5.82 Å². The third-order valence-electron chi connectivity index (χ3n) is 3.03. The number of pyridine rings is 2. The lowest BCUT2D eigenvalue weighted by atomic mass is 10.1. The molecule has 21 heavy (non-hydrogen) atoms. The molecule has 0 saturated heterocycles. The fourth-order valence-corrected chi connectivity index (χ4v) is 2.07. The molecule has 0 aliphatic rings. The number of nitrogens with two attached hydrogens (primary N) is 1. The highest BCUT2D eigenvalue weighted by Crippen LogP contribution is 2.30. The van der Waals surface area contributed by atoms with E-state index in [4.69, 9.17) is 5.73 Å². The first-order valence-electron chi connectivity index (χ1n) is 6.16. The molecule has 3 N–H and O–H groups in total. The summed E-state index contributed by atoms with van der Waals surface area (Å²) in [6.07, 6.45) is 3.39. The molecule has 2 heterocycles. The van der Waals surface area contributed by atoms with E-state index in [9.17, 15) is 10.1 Å². The molecule has 3 rings (SSSR count). The van der Waals surface area contributed by atoms with Gasteiger partial charge in [0.1, 0.15) is 5.82 Å². The second kappa shape index (κ2) is 5.04. The van der Waals surface area contributed by atoms with Crippen LogP contribution in [-0.2, 0) is 0 Å². The topological polar surface area (TPSA) is 107 Å². The molecule has 0 fully saturated rings. The van der Waals surface area contributed by atoms with Crippen LogP contribution >= 0.6 is 0 Å². The predicted octanol–water partition coefficient (Wildman–Crippen LogP) is 2.86. The maximum atomic E-state index is 11.1. The van der Waals surface area contributed by atoms with Crippen LogP contribution in [-0.4, -0.2) is 14.9 Å². The second-order valence-corrected chi connectivity index (χ2v) is 4.39. The standard InChI is InChI=1S/C14H11N5O2/c15-13-5-4-12(19(20)21)14(18-13)17-11-3-1-2-9-8-16-7-6-10(9)11/h1-8H,(H3,15,17,18). The van der Waals surface area contributed by atoms with E-state index in [1.54, 1.807) is 12.4 Å². The summed E-state index contributed by atoms with van der Waals surface area (Å²) in [6, 6.07) is 10.1. The number of fused-ring (bicyclic) bond motifs is 1. The Kier molecular flexibility index (Phi) is 3.07. The molecule has 104 valence electrons. The van der Waals surface area contributed by atoms with Gasteiger partial charge in [-0.05, 0) is 18.2 Å². The molecule has 0 unspecified atom stereocenters. The summed E-state index contributed by atoms with van der Waals surface area (Å²) in [5.74, 6) is 0.328. The molecule has 0 spiro atoms. The minimum absolute atomic E-state index is 0.115. The Morgan fingerprint density at radius 2 is 2.05 bits per heavy atom. The normalized spacial score (nSPS) is 10.5. The molecule has 7 nitrogen and oxygen atoms in total. The van der Waals surface area contributed by atoms with Crippen molar-refractivity contribution in [2.24, 2.45) is 0 Å². The van der Waals surface area contributed by atoms with Gasteiger partial charge in [-0.15, -0.1) is 0 Å². The third kappa shape index (κ3) is 2.44. The van der Waals surface area contributed by atoms with E-state index in [2.05, 4.69) is 15.3 Å². The number of nitro groups is 1. The maximum absolute atomic E-state index is 11.1. The SMILES string of the molecule is Nc1ccc([N+](=O)[O-])c(Nc2cccc3cnccc23)n1. The van der Waals surface area contributed by atoms with Crippen molar-refractivity contribution in [3.8, 4) is 0 Å². The second-order valence-electron chi connectivity index (χ2n) is 4.39. The fourth-order valence-electron chi connectivity index (χ4n) is 2.07. The molecule has 2 aromatic heterocycles. The Morgan fingerprint density at radius 3 is 2.86 bits per heavy atom. The highest BCUT2D eigenvalue weighted by molar-refractivity contribution is 5.95. The zero-order chi connectivity index (χ0) is 14.8. The van der Waals surface area contributed by atoms with Crippen molar-refractivity contribution in [3.63, 3.8) is 0 Å². The van der Waals surface area contributed by atoms with Crippen LogP contribution in [0.3, 0.4) is 0 Å². The quantitative estimate of drug-likeness (QED) is 0.564. The average molecular weight is 281 g/mol. The lowest BCUT2D eigenvalue weighted by molar-refractivity contribution is -0.384. The highest BCUT2D eigenvalue weighted by atomic mass is 16.6. The first-order chi connectivity index (χ1) is 10.1. The van der Waals surface area contributed by atoms with Crippen LogP contribution in [0.4, 0.5) is 23.0 Å². The van der Waals surface area contributed by atoms with Gasteiger partial charge in [-0.3, -0.25) is 15.1 Å². The van der Waals surface area contributed by atoms with Crippen LogP contribution < -0.4 is 11.1 Å². The predicted molar refractivity (Wildman–Crippen MR) is 80.3 cm³/mol. The van der Waals surface area contributed by atoms with Gasteiger partial charge in [0.25, 0.3) is 0 Å². The number of anilines is 3. The van der Waals surface area contributed by atoms with E-state index < -0.39 is 4.92 Å². The number of nitrogen functional groups attached to an aromatic ring is 1. The summed E-state index contributed by atoms with van der Waals surface area (Å²) in [6.45, 7) is 0. The molecule has 0 radical (unpaired) electrons. The molecule has 0 bridgehead atoms. The Morgan fingerprint density at radius 1 is 1.19 bits per heavy atom. The van der Waals surface area contributed by atoms with Gasteiger partial charge in [0.05, 0.1) is 4.92 Å². The first-order valence-corrected chi connectivity index (χ1v) is 6.16. The number of hydrogen-bond acceptors (Lipinski definition) is 6. The molecule has 1 aromatic carbocycles. The van der Waals surface area contributed by atoms with Gasteiger partial charge in [0, 0.05) is 34.9 Å². The van der Waals surface area contributed by atoms with Gasteiger partial charge < -0.3 is 11.1 Å². The molecule has 0 atom stereocenters. The molecular formula is C14H11N5O2. The maximum Gasteiger partial charge on any atom is 0.311 e. The molecular weight excluding hydrogens is 270 g/mol. The highest BCUT2D eigenvalue weighted by Gasteiger charge is 2.16. The van der Waals surface area contributed by atoms with E-state index in [-0.39, 0.29) is 17.3 Å². The monoisotopic (exact) mass is 281 g/mol.